The van der Waals surface area contributed by atoms with E-state index in [1.165, 1.54) is 0 Å². The number of carbonyl (C=O) groups excluding carboxylic acids is 2. The molecular weight excluding hydrogens is 244 g/mol. The van der Waals surface area contributed by atoms with Crippen LogP contribution in [-0.2, 0) is 9.59 Å². The highest BCUT2D eigenvalue weighted by Crippen LogP contribution is 2.01. The standard InChI is InChI=1S/C10H19ClN4O2/c11-1-3-13-9(16)10(17)15-7-5-14(4-2-12)6-8-15/h1-8,12H2,(H,13,16). The first-order chi connectivity index (χ1) is 8.19. The van der Waals surface area contributed by atoms with E-state index in [1.54, 1.807) is 4.90 Å². The highest BCUT2D eigenvalue weighted by molar-refractivity contribution is 6.35. The molecule has 7 heteroatoms. The number of halogens is 1. The van der Waals surface area contributed by atoms with Crippen LogP contribution in [0.2, 0.25) is 0 Å². The number of nitrogens with zero attached hydrogens (tertiary/aromatic N) is 2. The number of rotatable bonds is 4. The third kappa shape index (κ3) is 4.49. The fourth-order valence-corrected chi connectivity index (χ4v) is 1.83. The first-order valence-corrected chi connectivity index (χ1v) is 6.28. The molecule has 0 radical (unpaired) electrons. The second-order valence-electron chi connectivity index (χ2n) is 3.87. The summed E-state index contributed by atoms with van der Waals surface area (Å²) in [6.45, 7) is 4.46. The van der Waals surface area contributed by atoms with Crippen LogP contribution in [0.25, 0.3) is 0 Å². The molecule has 1 aliphatic heterocycles. The van der Waals surface area contributed by atoms with E-state index in [9.17, 15) is 9.59 Å². The Morgan fingerprint density at radius 1 is 1.24 bits per heavy atom. The van der Waals surface area contributed by atoms with Crippen LogP contribution in [0.3, 0.4) is 0 Å². The van der Waals surface area contributed by atoms with Crippen molar-refractivity contribution in [3.8, 4) is 0 Å². The maximum atomic E-state index is 11.7. The molecule has 0 spiro atoms. The Bertz CT molecular complexity index is 267. The van der Waals surface area contributed by atoms with E-state index >= 15 is 0 Å². The van der Waals surface area contributed by atoms with E-state index in [4.69, 9.17) is 17.3 Å². The summed E-state index contributed by atoms with van der Waals surface area (Å²) < 4.78 is 0. The van der Waals surface area contributed by atoms with E-state index in [1.807, 2.05) is 0 Å². The van der Waals surface area contributed by atoms with Gasteiger partial charge in [0, 0.05) is 51.7 Å². The van der Waals surface area contributed by atoms with Gasteiger partial charge in [0.1, 0.15) is 0 Å². The first kappa shape index (κ1) is 14.2. The fourth-order valence-electron chi connectivity index (χ4n) is 1.74. The SMILES string of the molecule is NCCN1CCN(C(=O)C(=O)NCCCl)CC1. The molecule has 1 aliphatic rings. The lowest BCUT2D eigenvalue weighted by Crippen LogP contribution is -2.53. The quantitative estimate of drug-likeness (QED) is 0.475. The minimum Gasteiger partial charge on any atom is -0.347 e. The van der Waals surface area contributed by atoms with Crippen molar-refractivity contribution in [1.82, 2.24) is 15.1 Å². The highest BCUT2D eigenvalue weighted by atomic mass is 35.5. The normalized spacial score (nSPS) is 16.9. The topological polar surface area (TPSA) is 78.7 Å². The number of nitrogens with one attached hydrogen (secondary N) is 1. The Morgan fingerprint density at radius 2 is 1.88 bits per heavy atom. The Kier molecular flexibility index (Phi) is 6.25. The molecule has 0 aromatic heterocycles. The summed E-state index contributed by atoms with van der Waals surface area (Å²) in [5, 5.41) is 2.47. The molecule has 0 saturated carbocycles. The maximum absolute atomic E-state index is 11.7. The van der Waals surface area contributed by atoms with Crippen molar-refractivity contribution in [3.05, 3.63) is 0 Å². The molecular formula is C10H19ClN4O2. The predicted molar refractivity (Wildman–Crippen MR) is 65.8 cm³/mol. The molecule has 1 saturated heterocycles. The summed E-state index contributed by atoms with van der Waals surface area (Å²) in [4.78, 5) is 26.9. The second kappa shape index (κ2) is 7.47. The van der Waals surface area contributed by atoms with Gasteiger partial charge in [-0.25, -0.2) is 0 Å². The zero-order chi connectivity index (χ0) is 12.7. The van der Waals surface area contributed by atoms with E-state index in [2.05, 4.69) is 10.2 Å². The lowest BCUT2D eigenvalue weighted by atomic mass is 10.3. The summed E-state index contributed by atoms with van der Waals surface area (Å²) in [7, 11) is 0. The van der Waals surface area contributed by atoms with Crippen molar-refractivity contribution in [2.75, 3.05) is 51.7 Å². The number of amides is 2. The van der Waals surface area contributed by atoms with E-state index in [-0.39, 0.29) is 0 Å². The molecule has 0 unspecified atom stereocenters. The molecule has 1 fully saturated rings. The average molecular weight is 263 g/mol. The summed E-state index contributed by atoms with van der Waals surface area (Å²) in [5.41, 5.74) is 5.46. The molecule has 6 nitrogen and oxygen atoms in total. The summed E-state index contributed by atoms with van der Waals surface area (Å²) in [6.07, 6.45) is 0. The van der Waals surface area contributed by atoms with Crippen LogP contribution in [0.5, 0.6) is 0 Å². The smallest absolute Gasteiger partial charge is 0.311 e. The average Bonchev–Trinajstić information content (AvgIpc) is 2.36. The summed E-state index contributed by atoms with van der Waals surface area (Å²) in [5.74, 6) is -0.732. The van der Waals surface area contributed by atoms with Gasteiger partial charge < -0.3 is 16.0 Å². The largest absolute Gasteiger partial charge is 0.347 e. The lowest BCUT2D eigenvalue weighted by Gasteiger charge is -2.33. The van der Waals surface area contributed by atoms with Crippen LogP contribution in [-0.4, -0.2) is 73.3 Å². The number of carbonyl (C=O) groups is 2. The van der Waals surface area contributed by atoms with Crippen molar-refractivity contribution in [1.29, 1.82) is 0 Å². The van der Waals surface area contributed by atoms with Gasteiger partial charge in [0.15, 0.2) is 0 Å². The second-order valence-corrected chi connectivity index (χ2v) is 4.25. The number of alkyl halides is 1. The first-order valence-electron chi connectivity index (χ1n) is 5.74. The van der Waals surface area contributed by atoms with Gasteiger partial charge in [0.05, 0.1) is 0 Å². The third-order valence-electron chi connectivity index (χ3n) is 2.68. The van der Waals surface area contributed by atoms with E-state index in [0.717, 1.165) is 19.6 Å². The minimum absolute atomic E-state index is 0.309. The van der Waals surface area contributed by atoms with Crippen molar-refractivity contribution in [2.24, 2.45) is 5.73 Å². The molecule has 0 atom stereocenters. The predicted octanol–water partition coefficient (Wildman–Crippen LogP) is -1.56. The lowest BCUT2D eigenvalue weighted by molar-refractivity contribution is -0.146. The van der Waals surface area contributed by atoms with Crippen LogP contribution in [0.4, 0.5) is 0 Å². The summed E-state index contributed by atoms with van der Waals surface area (Å²) in [6, 6.07) is 0. The Morgan fingerprint density at radius 3 is 2.41 bits per heavy atom. The molecule has 0 aromatic rings. The van der Waals surface area contributed by atoms with Gasteiger partial charge in [-0.2, -0.15) is 0 Å². The van der Waals surface area contributed by atoms with Gasteiger partial charge >= 0.3 is 11.8 Å². The van der Waals surface area contributed by atoms with Crippen molar-refractivity contribution < 1.29 is 9.59 Å². The number of hydrogen-bond acceptors (Lipinski definition) is 4. The monoisotopic (exact) mass is 262 g/mol. The molecule has 3 N–H and O–H groups in total. The fraction of sp³-hybridized carbons (Fsp3) is 0.800. The van der Waals surface area contributed by atoms with Crippen LogP contribution in [0.15, 0.2) is 0 Å². The third-order valence-corrected chi connectivity index (χ3v) is 2.87. The number of nitrogens with two attached hydrogens (primary N) is 1. The van der Waals surface area contributed by atoms with Crippen molar-refractivity contribution >= 4 is 23.4 Å². The molecule has 0 aromatic carbocycles. The van der Waals surface area contributed by atoms with Crippen molar-refractivity contribution in [3.63, 3.8) is 0 Å². The zero-order valence-electron chi connectivity index (χ0n) is 9.82. The van der Waals surface area contributed by atoms with E-state index < -0.39 is 11.8 Å². The molecule has 17 heavy (non-hydrogen) atoms. The van der Waals surface area contributed by atoms with Gasteiger partial charge in [0.25, 0.3) is 0 Å². The molecule has 1 heterocycles. The van der Waals surface area contributed by atoms with Crippen LogP contribution in [0.1, 0.15) is 0 Å². The van der Waals surface area contributed by atoms with Crippen molar-refractivity contribution in [2.45, 2.75) is 0 Å². The van der Waals surface area contributed by atoms with Crippen LogP contribution in [0, 0.1) is 0 Å². The molecule has 98 valence electrons. The number of piperazine rings is 1. The number of hydrogen-bond donors (Lipinski definition) is 2. The van der Waals surface area contributed by atoms with Gasteiger partial charge in [-0.1, -0.05) is 0 Å². The van der Waals surface area contributed by atoms with E-state index in [0.29, 0.717) is 32.1 Å². The highest BCUT2D eigenvalue weighted by Gasteiger charge is 2.25. The zero-order valence-corrected chi connectivity index (χ0v) is 10.6. The molecule has 2 amide bonds. The van der Waals surface area contributed by atoms with Crippen LogP contribution < -0.4 is 11.1 Å². The Balaban J connectivity index is 2.32. The van der Waals surface area contributed by atoms with Crippen LogP contribution >= 0.6 is 11.6 Å². The van der Waals surface area contributed by atoms with Gasteiger partial charge in [-0.3, -0.25) is 14.5 Å². The molecule has 0 bridgehead atoms. The molecule has 0 aliphatic carbocycles. The molecule has 1 rings (SSSR count). The summed E-state index contributed by atoms with van der Waals surface area (Å²) >= 11 is 5.43. The Hall–Kier alpha value is -0.850. The van der Waals surface area contributed by atoms with Gasteiger partial charge in [-0.05, 0) is 0 Å². The maximum Gasteiger partial charge on any atom is 0.311 e. The minimum atomic E-state index is -0.571. The van der Waals surface area contributed by atoms with Gasteiger partial charge in [-0.15, -0.1) is 11.6 Å². The van der Waals surface area contributed by atoms with Gasteiger partial charge in [0.2, 0.25) is 0 Å². The Labute approximate surface area is 106 Å².